The molecule has 9 heteroatoms. The molecule has 0 saturated heterocycles. The molecule has 0 bridgehead atoms. The predicted molar refractivity (Wildman–Crippen MR) is 107 cm³/mol. The molecule has 29 heavy (non-hydrogen) atoms. The maximum Gasteiger partial charge on any atom is 0.273 e. The zero-order valence-corrected chi connectivity index (χ0v) is 17.1. The minimum atomic E-state index is -0.336. The summed E-state index contributed by atoms with van der Waals surface area (Å²) in [6.45, 7) is 5.09. The molecule has 0 aliphatic carbocycles. The number of likely N-dealkylation sites (N-methyl/N-ethyl adjacent to an activating group) is 1. The van der Waals surface area contributed by atoms with Gasteiger partial charge in [0.1, 0.15) is 6.54 Å². The Kier molecular flexibility index (Phi) is 6.06. The van der Waals surface area contributed by atoms with Crippen LogP contribution in [0.5, 0.6) is 0 Å². The molecule has 0 spiro atoms. The highest BCUT2D eigenvalue weighted by molar-refractivity contribution is 5.91. The van der Waals surface area contributed by atoms with E-state index in [-0.39, 0.29) is 24.1 Å². The fourth-order valence-electron chi connectivity index (χ4n) is 2.88. The molecule has 152 valence electrons. The fraction of sp³-hybridized carbons (Fsp3) is 0.350. The first kappa shape index (κ1) is 20.2. The van der Waals surface area contributed by atoms with Crippen LogP contribution in [-0.2, 0) is 24.4 Å². The molecule has 3 aromatic rings. The van der Waals surface area contributed by atoms with E-state index in [4.69, 9.17) is 0 Å². The third-order valence-corrected chi connectivity index (χ3v) is 4.45. The number of rotatable bonds is 7. The summed E-state index contributed by atoms with van der Waals surface area (Å²) in [5.74, 6) is -0.459. The van der Waals surface area contributed by atoms with Crippen LogP contribution < -0.4 is 5.32 Å². The number of hydrogen-bond donors (Lipinski definition) is 1. The molecule has 2 amide bonds. The van der Waals surface area contributed by atoms with E-state index in [9.17, 15) is 9.59 Å². The van der Waals surface area contributed by atoms with Gasteiger partial charge in [0.25, 0.3) is 5.91 Å². The zero-order chi connectivity index (χ0) is 21.0. The van der Waals surface area contributed by atoms with Crippen molar-refractivity contribution in [1.29, 1.82) is 0 Å². The fourth-order valence-corrected chi connectivity index (χ4v) is 2.88. The lowest BCUT2D eigenvalue weighted by atomic mass is 10.1. The quantitative estimate of drug-likeness (QED) is 0.647. The number of nitrogens with one attached hydrogen (secondary N) is 1. The zero-order valence-electron chi connectivity index (χ0n) is 17.1. The van der Waals surface area contributed by atoms with Gasteiger partial charge in [-0.1, -0.05) is 29.5 Å². The molecule has 0 aliphatic rings. The van der Waals surface area contributed by atoms with Crippen molar-refractivity contribution in [3.63, 3.8) is 0 Å². The smallest absolute Gasteiger partial charge is 0.273 e. The molecule has 2 heterocycles. The van der Waals surface area contributed by atoms with Crippen LogP contribution in [0.3, 0.4) is 0 Å². The number of aryl methyl sites for hydroxylation is 2. The summed E-state index contributed by atoms with van der Waals surface area (Å²) in [5, 5.41) is 15.0. The highest BCUT2D eigenvalue weighted by Crippen LogP contribution is 2.10. The molecular formula is C20H25N7O2. The minimum absolute atomic E-state index is 0.0433. The van der Waals surface area contributed by atoms with Crippen LogP contribution in [0.2, 0.25) is 0 Å². The first-order valence-electron chi connectivity index (χ1n) is 9.29. The Hall–Kier alpha value is -3.49. The maximum atomic E-state index is 12.3. The Labute approximate surface area is 169 Å². The van der Waals surface area contributed by atoms with Crippen molar-refractivity contribution in [1.82, 2.24) is 35.0 Å². The molecule has 0 atom stereocenters. The standard InChI is InChI=1S/C20H25N7O2/c1-14-8-15(2)27(23-14)11-17-7-5-6-16(9-17)10-21-20(29)18-12-26(24-22-18)13-19(28)25(3)4/h5-9,12H,10-11,13H2,1-4H3,(H,21,29). The number of carbonyl (C=O) groups is 2. The average Bonchev–Trinajstić information content (AvgIpc) is 3.26. The Morgan fingerprint density at radius 1 is 1.14 bits per heavy atom. The first-order chi connectivity index (χ1) is 13.8. The van der Waals surface area contributed by atoms with Crippen LogP contribution in [0.15, 0.2) is 36.5 Å². The molecule has 9 nitrogen and oxygen atoms in total. The van der Waals surface area contributed by atoms with Crippen molar-refractivity contribution < 1.29 is 9.59 Å². The van der Waals surface area contributed by atoms with Crippen LogP contribution in [-0.4, -0.2) is 55.6 Å². The predicted octanol–water partition coefficient (Wildman–Crippen LogP) is 1.16. The number of aromatic nitrogens is 5. The molecule has 1 N–H and O–H groups in total. The van der Waals surface area contributed by atoms with Crippen LogP contribution >= 0.6 is 0 Å². The molecule has 1 aromatic carbocycles. The van der Waals surface area contributed by atoms with Gasteiger partial charge in [0.15, 0.2) is 5.69 Å². The molecule has 0 aliphatic heterocycles. The van der Waals surface area contributed by atoms with Crippen LogP contribution in [0, 0.1) is 13.8 Å². The van der Waals surface area contributed by atoms with E-state index in [1.54, 1.807) is 14.1 Å². The normalized spacial score (nSPS) is 10.8. The van der Waals surface area contributed by atoms with E-state index in [0.717, 1.165) is 22.5 Å². The van der Waals surface area contributed by atoms with E-state index in [2.05, 4.69) is 20.7 Å². The first-order valence-corrected chi connectivity index (χ1v) is 9.29. The number of nitrogens with zero attached hydrogens (tertiary/aromatic N) is 6. The highest BCUT2D eigenvalue weighted by atomic mass is 16.2. The van der Waals surface area contributed by atoms with Crippen LogP contribution in [0.4, 0.5) is 0 Å². The van der Waals surface area contributed by atoms with Gasteiger partial charge < -0.3 is 10.2 Å². The van der Waals surface area contributed by atoms with Gasteiger partial charge in [-0.05, 0) is 31.0 Å². The second-order valence-electron chi connectivity index (χ2n) is 7.18. The summed E-state index contributed by atoms with van der Waals surface area (Å²) in [6.07, 6.45) is 1.47. The van der Waals surface area contributed by atoms with Gasteiger partial charge >= 0.3 is 0 Å². The summed E-state index contributed by atoms with van der Waals surface area (Å²) in [6, 6.07) is 10.0. The summed E-state index contributed by atoms with van der Waals surface area (Å²) in [4.78, 5) is 25.5. The van der Waals surface area contributed by atoms with Gasteiger partial charge in [-0.15, -0.1) is 5.10 Å². The Bertz CT molecular complexity index is 1020. The Morgan fingerprint density at radius 3 is 2.59 bits per heavy atom. The van der Waals surface area contributed by atoms with Gasteiger partial charge in [-0.25, -0.2) is 4.68 Å². The highest BCUT2D eigenvalue weighted by Gasteiger charge is 2.13. The third kappa shape index (κ3) is 5.28. The van der Waals surface area contributed by atoms with Crippen LogP contribution in [0.1, 0.15) is 33.0 Å². The number of amides is 2. The van der Waals surface area contributed by atoms with Crippen molar-refractivity contribution in [2.24, 2.45) is 0 Å². The lowest BCUT2D eigenvalue weighted by Crippen LogP contribution is -2.26. The van der Waals surface area contributed by atoms with Gasteiger partial charge in [0.05, 0.1) is 18.4 Å². The second-order valence-corrected chi connectivity index (χ2v) is 7.18. The average molecular weight is 395 g/mol. The van der Waals surface area contributed by atoms with Gasteiger partial charge in [-0.2, -0.15) is 5.10 Å². The summed E-state index contributed by atoms with van der Waals surface area (Å²) >= 11 is 0. The molecule has 3 rings (SSSR count). The lowest BCUT2D eigenvalue weighted by Gasteiger charge is -2.09. The van der Waals surface area contributed by atoms with Gasteiger partial charge in [0.2, 0.25) is 5.91 Å². The van der Waals surface area contributed by atoms with E-state index < -0.39 is 0 Å². The van der Waals surface area contributed by atoms with E-state index >= 15 is 0 Å². The molecule has 2 aromatic heterocycles. The largest absolute Gasteiger partial charge is 0.347 e. The number of benzene rings is 1. The second kappa shape index (κ2) is 8.68. The number of hydrogen-bond acceptors (Lipinski definition) is 5. The molecule has 0 fully saturated rings. The maximum absolute atomic E-state index is 12.3. The van der Waals surface area contributed by atoms with Crippen molar-refractivity contribution in [3.8, 4) is 0 Å². The molecule has 0 radical (unpaired) electrons. The monoisotopic (exact) mass is 395 g/mol. The van der Waals surface area contributed by atoms with Gasteiger partial charge in [0, 0.05) is 26.3 Å². The van der Waals surface area contributed by atoms with Crippen molar-refractivity contribution in [2.75, 3.05) is 14.1 Å². The topological polar surface area (TPSA) is 97.9 Å². The minimum Gasteiger partial charge on any atom is -0.347 e. The third-order valence-electron chi connectivity index (χ3n) is 4.45. The number of carbonyl (C=O) groups excluding carboxylic acids is 2. The summed E-state index contributed by atoms with van der Waals surface area (Å²) < 4.78 is 3.31. The van der Waals surface area contributed by atoms with E-state index in [1.165, 1.54) is 15.8 Å². The summed E-state index contributed by atoms with van der Waals surface area (Å²) in [5.41, 5.74) is 4.36. The SMILES string of the molecule is Cc1cc(C)n(Cc2cccc(CNC(=O)c3cn(CC(=O)N(C)C)nn3)c2)n1. The van der Waals surface area contributed by atoms with Gasteiger partial charge in [-0.3, -0.25) is 14.3 Å². The molecule has 0 saturated carbocycles. The van der Waals surface area contributed by atoms with Crippen molar-refractivity contribution in [2.45, 2.75) is 33.5 Å². The summed E-state index contributed by atoms with van der Waals surface area (Å²) in [7, 11) is 3.33. The van der Waals surface area contributed by atoms with E-state index in [0.29, 0.717) is 13.1 Å². The van der Waals surface area contributed by atoms with Crippen LogP contribution in [0.25, 0.3) is 0 Å². The van der Waals surface area contributed by atoms with Crippen molar-refractivity contribution in [3.05, 3.63) is 64.7 Å². The van der Waals surface area contributed by atoms with Crippen molar-refractivity contribution >= 4 is 11.8 Å². The lowest BCUT2D eigenvalue weighted by molar-refractivity contribution is -0.129. The Morgan fingerprint density at radius 2 is 1.90 bits per heavy atom. The molecule has 0 unspecified atom stereocenters. The Balaban J connectivity index is 1.58. The molecular weight excluding hydrogens is 370 g/mol. The van der Waals surface area contributed by atoms with E-state index in [1.807, 2.05) is 48.9 Å².